The van der Waals surface area contributed by atoms with E-state index in [1.165, 1.54) is 21.9 Å². The van der Waals surface area contributed by atoms with E-state index < -0.39 is 0 Å². The van der Waals surface area contributed by atoms with E-state index in [1.54, 1.807) is 0 Å². The number of hydrazone groups is 1. The summed E-state index contributed by atoms with van der Waals surface area (Å²) in [7, 11) is 0. The third-order valence-electron chi connectivity index (χ3n) is 6.58. The molecule has 2 atom stereocenters. The lowest BCUT2D eigenvalue weighted by molar-refractivity contribution is -0.0201. The molecule has 6 rings (SSSR count). The minimum atomic E-state index is -0.279. The van der Waals surface area contributed by atoms with Crippen LogP contribution in [0.15, 0.2) is 86.8 Å². The Bertz CT molecular complexity index is 1450. The van der Waals surface area contributed by atoms with Gasteiger partial charge in [-0.1, -0.05) is 76.1 Å². The molecule has 0 N–H and O–H groups in total. The van der Waals surface area contributed by atoms with Gasteiger partial charge in [-0.3, -0.25) is 0 Å². The molecule has 0 saturated carbocycles. The standard InChI is InChI=1S/C28H22Br2N2O/c1-16-7-10-22(17(2)11-16)28-32-26(23-13-21(29)14-24(30)27(23)33-28)15-25(31-32)20-9-8-18-5-3-4-6-19(18)12-20/h3-14,26,28H,15H2,1-2H3/t26-,28+/m0/s1. The highest BCUT2D eigenvalue weighted by Gasteiger charge is 2.42. The summed E-state index contributed by atoms with van der Waals surface area (Å²) in [6, 6.07) is 25.9. The van der Waals surface area contributed by atoms with Gasteiger partial charge >= 0.3 is 0 Å². The van der Waals surface area contributed by atoms with E-state index >= 15 is 0 Å². The number of nitrogens with zero attached hydrogens (tertiary/aromatic N) is 2. The number of rotatable bonds is 2. The number of fused-ring (bicyclic) bond motifs is 4. The second-order valence-electron chi connectivity index (χ2n) is 8.84. The molecule has 33 heavy (non-hydrogen) atoms. The Morgan fingerprint density at radius 1 is 0.879 bits per heavy atom. The summed E-state index contributed by atoms with van der Waals surface area (Å²) < 4.78 is 8.63. The lowest BCUT2D eigenvalue weighted by Crippen LogP contribution is -2.34. The Morgan fingerprint density at radius 2 is 1.70 bits per heavy atom. The molecule has 0 unspecified atom stereocenters. The van der Waals surface area contributed by atoms with E-state index in [0.29, 0.717) is 0 Å². The van der Waals surface area contributed by atoms with Gasteiger partial charge < -0.3 is 4.74 Å². The molecule has 0 saturated heterocycles. The minimum Gasteiger partial charge on any atom is -0.463 e. The molecular formula is C28H22Br2N2O. The van der Waals surface area contributed by atoms with Crippen LogP contribution in [-0.4, -0.2) is 10.7 Å². The molecule has 0 amide bonds. The van der Waals surface area contributed by atoms with Crippen LogP contribution in [0.5, 0.6) is 5.75 Å². The van der Waals surface area contributed by atoms with E-state index in [2.05, 4.69) is 117 Å². The fraction of sp³-hybridized carbons (Fsp3) is 0.179. The highest BCUT2D eigenvalue weighted by molar-refractivity contribution is 9.11. The van der Waals surface area contributed by atoms with E-state index in [9.17, 15) is 0 Å². The van der Waals surface area contributed by atoms with Crippen LogP contribution < -0.4 is 4.74 Å². The lowest BCUT2D eigenvalue weighted by atomic mass is 9.94. The van der Waals surface area contributed by atoms with Crippen LogP contribution >= 0.6 is 31.9 Å². The summed E-state index contributed by atoms with van der Waals surface area (Å²) in [5, 5.41) is 9.79. The molecule has 0 bridgehead atoms. The summed E-state index contributed by atoms with van der Waals surface area (Å²) in [5.41, 5.74) is 7.01. The van der Waals surface area contributed by atoms with E-state index in [0.717, 1.165) is 43.5 Å². The Labute approximate surface area is 210 Å². The molecule has 0 radical (unpaired) electrons. The summed E-state index contributed by atoms with van der Waals surface area (Å²) in [6.45, 7) is 4.27. The van der Waals surface area contributed by atoms with Crippen LogP contribution in [0, 0.1) is 13.8 Å². The van der Waals surface area contributed by atoms with Crippen LogP contribution in [0.25, 0.3) is 10.8 Å². The predicted molar refractivity (Wildman–Crippen MR) is 141 cm³/mol. The van der Waals surface area contributed by atoms with Crippen molar-refractivity contribution >= 4 is 48.3 Å². The highest BCUT2D eigenvalue weighted by Crippen LogP contribution is 2.51. The quantitative estimate of drug-likeness (QED) is 0.246. The van der Waals surface area contributed by atoms with Crippen molar-refractivity contribution in [2.75, 3.05) is 0 Å². The van der Waals surface area contributed by atoms with Gasteiger partial charge in [-0.25, -0.2) is 5.01 Å². The molecule has 0 aliphatic carbocycles. The number of hydrogen-bond acceptors (Lipinski definition) is 3. The third kappa shape index (κ3) is 3.58. The zero-order valence-electron chi connectivity index (χ0n) is 18.3. The van der Waals surface area contributed by atoms with Crippen molar-refractivity contribution in [2.24, 2.45) is 5.10 Å². The molecule has 4 aromatic rings. The zero-order chi connectivity index (χ0) is 22.7. The van der Waals surface area contributed by atoms with Crippen molar-refractivity contribution in [1.29, 1.82) is 0 Å². The Balaban J connectivity index is 1.49. The smallest absolute Gasteiger partial charge is 0.214 e. The van der Waals surface area contributed by atoms with Gasteiger partial charge in [-0.05, 0) is 69.9 Å². The van der Waals surface area contributed by atoms with E-state index in [1.807, 2.05) is 6.07 Å². The molecule has 0 spiro atoms. The Morgan fingerprint density at radius 3 is 2.52 bits per heavy atom. The fourth-order valence-corrected chi connectivity index (χ4v) is 6.32. The van der Waals surface area contributed by atoms with Crippen molar-refractivity contribution in [3.63, 3.8) is 0 Å². The lowest BCUT2D eigenvalue weighted by Gasteiger charge is -2.39. The van der Waals surface area contributed by atoms with Crippen molar-refractivity contribution in [1.82, 2.24) is 5.01 Å². The first-order valence-electron chi connectivity index (χ1n) is 11.1. The van der Waals surface area contributed by atoms with E-state index in [-0.39, 0.29) is 12.3 Å². The van der Waals surface area contributed by atoms with Crippen LogP contribution in [-0.2, 0) is 0 Å². The number of halogens is 2. The van der Waals surface area contributed by atoms with Gasteiger partial charge in [-0.15, -0.1) is 0 Å². The third-order valence-corrected chi connectivity index (χ3v) is 7.63. The molecule has 0 aromatic heterocycles. The van der Waals surface area contributed by atoms with Gasteiger partial charge in [0.2, 0.25) is 6.23 Å². The molecule has 2 heterocycles. The molecule has 2 aliphatic rings. The predicted octanol–water partition coefficient (Wildman–Crippen LogP) is 8.22. The van der Waals surface area contributed by atoms with Crippen LogP contribution in [0.1, 0.15) is 46.5 Å². The minimum absolute atomic E-state index is 0.106. The van der Waals surface area contributed by atoms with Gasteiger partial charge in [0.15, 0.2) is 0 Å². The molecular weight excluding hydrogens is 540 g/mol. The largest absolute Gasteiger partial charge is 0.463 e. The molecule has 164 valence electrons. The summed E-state index contributed by atoms with van der Waals surface area (Å²) >= 11 is 7.40. The first-order chi connectivity index (χ1) is 16.0. The first-order valence-corrected chi connectivity index (χ1v) is 12.6. The maximum atomic E-state index is 6.64. The number of ether oxygens (including phenoxy) is 1. The average molecular weight is 562 g/mol. The van der Waals surface area contributed by atoms with Gasteiger partial charge in [0, 0.05) is 22.0 Å². The summed E-state index contributed by atoms with van der Waals surface area (Å²) in [4.78, 5) is 0. The van der Waals surface area contributed by atoms with Gasteiger partial charge in [0.25, 0.3) is 0 Å². The van der Waals surface area contributed by atoms with Crippen LogP contribution in [0.2, 0.25) is 0 Å². The number of hydrogen-bond donors (Lipinski definition) is 0. The van der Waals surface area contributed by atoms with Gasteiger partial charge in [-0.2, -0.15) is 5.10 Å². The molecule has 0 fully saturated rings. The molecule has 2 aliphatic heterocycles. The summed E-state index contributed by atoms with van der Waals surface area (Å²) in [5.74, 6) is 0.902. The summed E-state index contributed by atoms with van der Waals surface area (Å²) in [6.07, 6.45) is 0.553. The Kier molecular flexibility index (Phi) is 5.07. The molecule has 5 heteroatoms. The fourth-order valence-electron chi connectivity index (χ4n) is 4.97. The van der Waals surface area contributed by atoms with Gasteiger partial charge in [0.1, 0.15) is 5.75 Å². The van der Waals surface area contributed by atoms with Crippen LogP contribution in [0.3, 0.4) is 0 Å². The van der Waals surface area contributed by atoms with Crippen molar-refractivity contribution in [2.45, 2.75) is 32.5 Å². The zero-order valence-corrected chi connectivity index (χ0v) is 21.5. The van der Waals surface area contributed by atoms with Crippen molar-refractivity contribution < 1.29 is 4.74 Å². The topological polar surface area (TPSA) is 24.8 Å². The Hall–Kier alpha value is -2.63. The average Bonchev–Trinajstić information content (AvgIpc) is 3.25. The maximum Gasteiger partial charge on any atom is 0.214 e. The first kappa shape index (κ1) is 20.9. The maximum absolute atomic E-state index is 6.64. The SMILES string of the molecule is Cc1ccc([C@H]2Oc3c(Br)cc(Br)cc3[C@@H]3CC(c4ccc5ccccc5c4)=NN23)c(C)c1. The van der Waals surface area contributed by atoms with Gasteiger partial charge in [0.05, 0.1) is 16.2 Å². The number of aryl methyl sites for hydroxylation is 2. The van der Waals surface area contributed by atoms with E-state index in [4.69, 9.17) is 9.84 Å². The second-order valence-corrected chi connectivity index (χ2v) is 10.6. The monoisotopic (exact) mass is 560 g/mol. The van der Waals surface area contributed by atoms with Crippen LogP contribution in [0.4, 0.5) is 0 Å². The number of benzene rings is 4. The molecule has 4 aromatic carbocycles. The second kappa shape index (κ2) is 8.00. The van der Waals surface area contributed by atoms with Crippen molar-refractivity contribution in [3.05, 3.63) is 110 Å². The van der Waals surface area contributed by atoms with Crippen molar-refractivity contribution in [3.8, 4) is 5.75 Å². The molecule has 3 nitrogen and oxygen atoms in total. The highest BCUT2D eigenvalue weighted by atomic mass is 79.9. The normalized spacial score (nSPS) is 19.2.